The van der Waals surface area contributed by atoms with Crippen molar-refractivity contribution in [3.8, 4) is 0 Å². The Morgan fingerprint density at radius 2 is 2.09 bits per heavy atom. The van der Waals surface area contributed by atoms with Crippen molar-refractivity contribution in [2.24, 2.45) is 5.73 Å². The average molecular weight is 214 g/mol. The van der Waals surface area contributed by atoms with E-state index in [1.54, 1.807) is 12.1 Å². The minimum atomic E-state index is -0.394. The van der Waals surface area contributed by atoms with Gasteiger partial charge < -0.3 is 5.73 Å². The summed E-state index contributed by atoms with van der Waals surface area (Å²) in [5.41, 5.74) is 6.65. The van der Waals surface area contributed by atoms with E-state index in [0.29, 0.717) is 5.56 Å². The van der Waals surface area contributed by atoms with E-state index in [0.717, 1.165) is 10.0 Å². The fourth-order valence-electron chi connectivity index (χ4n) is 0.879. The second-order valence-corrected chi connectivity index (χ2v) is 3.30. The fourth-order valence-corrected chi connectivity index (χ4v) is 1.49. The van der Waals surface area contributed by atoms with Gasteiger partial charge in [0.15, 0.2) is 0 Å². The van der Waals surface area contributed by atoms with Crippen molar-refractivity contribution in [2.75, 3.05) is 0 Å². The zero-order valence-electron chi connectivity index (χ0n) is 6.10. The van der Waals surface area contributed by atoms with Crippen LogP contribution in [0, 0.1) is 6.92 Å². The molecule has 1 aromatic rings. The number of aryl methyl sites for hydroxylation is 1. The highest BCUT2D eigenvalue weighted by Crippen LogP contribution is 2.14. The first-order valence-electron chi connectivity index (χ1n) is 3.16. The Balaban J connectivity index is 3.19. The lowest BCUT2D eigenvalue weighted by Crippen LogP contribution is -2.10. The first kappa shape index (κ1) is 8.27. The van der Waals surface area contributed by atoms with Crippen LogP contribution in [0.3, 0.4) is 0 Å². The third-order valence-electron chi connectivity index (χ3n) is 1.33. The van der Waals surface area contributed by atoms with Gasteiger partial charge in [-0.25, -0.2) is 0 Å². The maximum atomic E-state index is 10.7. The molecule has 0 radical (unpaired) electrons. The SMILES string of the molecule is Cc1cc(Br)cc(C(N)=O)c1. The molecule has 0 unspecified atom stereocenters. The van der Waals surface area contributed by atoms with E-state index in [-0.39, 0.29) is 0 Å². The molecule has 0 heterocycles. The standard InChI is InChI=1S/C8H8BrNO/c1-5-2-6(8(10)11)4-7(9)3-5/h2-4H,1H3,(H2,10,11). The lowest BCUT2D eigenvalue weighted by molar-refractivity contribution is 0.1000. The lowest BCUT2D eigenvalue weighted by Gasteiger charge is -1.98. The number of halogens is 1. The number of benzene rings is 1. The molecule has 0 aromatic heterocycles. The van der Waals surface area contributed by atoms with Gasteiger partial charge in [0.1, 0.15) is 0 Å². The predicted octanol–water partition coefficient (Wildman–Crippen LogP) is 1.86. The number of rotatable bonds is 1. The summed E-state index contributed by atoms with van der Waals surface area (Å²) in [6.45, 7) is 1.91. The van der Waals surface area contributed by atoms with Crippen LogP contribution < -0.4 is 5.73 Å². The molecule has 1 aromatic carbocycles. The van der Waals surface area contributed by atoms with Crippen LogP contribution in [0.5, 0.6) is 0 Å². The van der Waals surface area contributed by atoms with Crippen molar-refractivity contribution in [3.05, 3.63) is 33.8 Å². The largest absolute Gasteiger partial charge is 0.366 e. The van der Waals surface area contributed by atoms with Crippen molar-refractivity contribution in [3.63, 3.8) is 0 Å². The summed E-state index contributed by atoms with van der Waals surface area (Å²) < 4.78 is 0.881. The summed E-state index contributed by atoms with van der Waals surface area (Å²) >= 11 is 3.27. The summed E-state index contributed by atoms with van der Waals surface area (Å²) in [4.78, 5) is 10.7. The van der Waals surface area contributed by atoms with Crippen molar-refractivity contribution >= 4 is 21.8 Å². The normalized spacial score (nSPS) is 9.64. The molecule has 0 saturated heterocycles. The van der Waals surface area contributed by atoms with Gasteiger partial charge in [-0.3, -0.25) is 4.79 Å². The summed E-state index contributed by atoms with van der Waals surface area (Å²) in [7, 11) is 0. The maximum Gasteiger partial charge on any atom is 0.248 e. The van der Waals surface area contributed by atoms with E-state index in [1.165, 1.54) is 0 Å². The highest BCUT2D eigenvalue weighted by atomic mass is 79.9. The summed E-state index contributed by atoms with van der Waals surface area (Å²) in [6, 6.07) is 5.38. The molecule has 11 heavy (non-hydrogen) atoms. The van der Waals surface area contributed by atoms with Gasteiger partial charge in [0.05, 0.1) is 0 Å². The molecule has 0 spiro atoms. The number of amides is 1. The van der Waals surface area contributed by atoms with Gasteiger partial charge in [-0.2, -0.15) is 0 Å². The van der Waals surface area contributed by atoms with Crippen molar-refractivity contribution in [1.82, 2.24) is 0 Å². The van der Waals surface area contributed by atoms with E-state index in [2.05, 4.69) is 15.9 Å². The van der Waals surface area contributed by atoms with Crippen LogP contribution in [0.1, 0.15) is 15.9 Å². The van der Waals surface area contributed by atoms with Crippen LogP contribution in [0.25, 0.3) is 0 Å². The van der Waals surface area contributed by atoms with Crippen molar-refractivity contribution in [2.45, 2.75) is 6.92 Å². The first-order chi connectivity index (χ1) is 5.09. The van der Waals surface area contributed by atoms with Crippen LogP contribution in [0.4, 0.5) is 0 Å². The Morgan fingerprint density at radius 3 is 2.55 bits per heavy atom. The van der Waals surface area contributed by atoms with Gasteiger partial charge in [-0.1, -0.05) is 15.9 Å². The van der Waals surface area contributed by atoms with Crippen LogP contribution in [-0.2, 0) is 0 Å². The highest BCUT2D eigenvalue weighted by molar-refractivity contribution is 9.10. The highest BCUT2D eigenvalue weighted by Gasteiger charge is 2.00. The molecule has 0 aliphatic heterocycles. The Morgan fingerprint density at radius 1 is 1.45 bits per heavy atom. The average Bonchev–Trinajstić information content (AvgIpc) is 1.85. The van der Waals surface area contributed by atoms with Gasteiger partial charge >= 0.3 is 0 Å². The molecule has 2 nitrogen and oxygen atoms in total. The van der Waals surface area contributed by atoms with E-state index in [1.807, 2.05) is 13.0 Å². The predicted molar refractivity (Wildman–Crippen MR) is 47.4 cm³/mol. The molecule has 0 aliphatic carbocycles. The molecule has 1 amide bonds. The van der Waals surface area contributed by atoms with Gasteiger partial charge in [-0.15, -0.1) is 0 Å². The second-order valence-electron chi connectivity index (χ2n) is 2.38. The van der Waals surface area contributed by atoms with Gasteiger partial charge in [-0.05, 0) is 30.7 Å². The van der Waals surface area contributed by atoms with Gasteiger partial charge in [0.2, 0.25) is 5.91 Å². The summed E-state index contributed by atoms with van der Waals surface area (Å²) in [6.07, 6.45) is 0. The number of hydrogen-bond acceptors (Lipinski definition) is 1. The zero-order valence-corrected chi connectivity index (χ0v) is 7.68. The van der Waals surface area contributed by atoms with Crippen LogP contribution in [0.15, 0.2) is 22.7 Å². The quantitative estimate of drug-likeness (QED) is 0.761. The maximum absolute atomic E-state index is 10.7. The minimum absolute atomic E-state index is 0.394. The van der Waals surface area contributed by atoms with E-state index in [4.69, 9.17) is 5.73 Å². The molecule has 0 saturated carbocycles. The van der Waals surface area contributed by atoms with Crippen LogP contribution in [-0.4, -0.2) is 5.91 Å². The van der Waals surface area contributed by atoms with Gasteiger partial charge in [0.25, 0.3) is 0 Å². The molecule has 0 bridgehead atoms. The molecule has 1 rings (SSSR count). The number of carbonyl (C=O) groups is 1. The Hall–Kier alpha value is -0.830. The molecule has 58 valence electrons. The summed E-state index contributed by atoms with van der Waals surface area (Å²) in [5, 5.41) is 0. The first-order valence-corrected chi connectivity index (χ1v) is 3.96. The molecular formula is C8H8BrNO. The minimum Gasteiger partial charge on any atom is -0.366 e. The molecule has 0 fully saturated rings. The lowest BCUT2D eigenvalue weighted by atomic mass is 10.1. The van der Waals surface area contributed by atoms with Gasteiger partial charge in [0, 0.05) is 10.0 Å². The Bertz CT molecular complexity index is 276. The van der Waals surface area contributed by atoms with E-state index < -0.39 is 5.91 Å². The number of carbonyl (C=O) groups excluding carboxylic acids is 1. The molecule has 3 heteroatoms. The van der Waals surface area contributed by atoms with Crippen molar-refractivity contribution in [1.29, 1.82) is 0 Å². The van der Waals surface area contributed by atoms with E-state index >= 15 is 0 Å². The van der Waals surface area contributed by atoms with Crippen LogP contribution >= 0.6 is 15.9 Å². The monoisotopic (exact) mass is 213 g/mol. The topological polar surface area (TPSA) is 43.1 Å². The number of hydrogen-bond donors (Lipinski definition) is 1. The smallest absolute Gasteiger partial charge is 0.248 e. The van der Waals surface area contributed by atoms with Crippen LogP contribution in [0.2, 0.25) is 0 Å². The molecular weight excluding hydrogens is 206 g/mol. The molecule has 0 atom stereocenters. The van der Waals surface area contributed by atoms with Crippen molar-refractivity contribution < 1.29 is 4.79 Å². The number of nitrogens with two attached hydrogens (primary N) is 1. The summed E-state index contributed by atoms with van der Waals surface area (Å²) in [5.74, 6) is -0.394. The molecule has 0 aliphatic rings. The fraction of sp³-hybridized carbons (Fsp3) is 0.125. The molecule has 2 N–H and O–H groups in total. The number of primary amides is 1. The third kappa shape index (κ3) is 2.05. The Kier molecular flexibility index (Phi) is 2.29. The second kappa shape index (κ2) is 3.05. The van der Waals surface area contributed by atoms with E-state index in [9.17, 15) is 4.79 Å². The zero-order chi connectivity index (χ0) is 8.43. The third-order valence-corrected chi connectivity index (χ3v) is 1.78. The Labute approximate surface area is 73.5 Å².